The fourth-order valence-electron chi connectivity index (χ4n) is 2.11. The van der Waals surface area contributed by atoms with Crippen LogP contribution in [0.4, 0.5) is 0 Å². The zero-order chi connectivity index (χ0) is 13.0. The van der Waals surface area contributed by atoms with Crippen molar-refractivity contribution in [2.24, 2.45) is 0 Å². The summed E-state index contributed by atoms with van der Waals surface area (Å²) in [5.74, 6) is 0.825. The number of hydrogen-bond donors (Lipinski definition) is 1. The van der Waals surface area contributed by atoms with Crippen LogP contribution < -0.4 is 5.32 Å². The van der Waals surface area contributed by atoms with Gasteiger partial charge >= 0.3 is 0 Å². The Labute approximate surface area is 107 Å². The van der Waals surface area contributed by atoms with Gasteiger partial charge in [-0.3, -0.25) is 0 Å². The lowest BCUT2D eigenvalue weighted by molar-refractivity contribution is 0.720. The highest BCUT2D eigenvalue weighted by Crippen LogP contribution is 2.17. The molecule has 1 N–H and O–H groups in total. The van der Waals surface area contributed by atoms with Gasteiger partial charge in [0.15, 0.2) is 5.82 Å². The van der Waals surface area contributed by atoms with E-state index < -0.39 is 0 Å². The smallest absolute Gasteiger partial charge is 0.156 e. The number of aryl methyl sites for hydroxylation is 1. The van der Waals surface area contributed by atoms with Crippen molar-refractivity contribution < 1.29 is 0 Å². The van der Waals surface area contributed by atoms with Crippen molar-refractivity contribution in [2.45, 2.75) is 26.7 Å². The van der Waals surface area contributed by atoms with Gasteiger partial charge in [0.1, 0.15) is 6.33 Å². The largest absolute Gasteiger partial charge is 0.320 e. The maximum atomic E-state index is 4.57. The Morgan fingerprint density at radius 2 is 2.17 bits per heavy atom. The number of nitrogens with zero attached hydrogens (tertiary/aromatic N) is 4. The fraction of sp³-hybridized carbons (Fsp3) is 0.462. The van der Waals surface area contributed by atoms with Crippen molar-refractivity contribution >= 4 is 0 Å². The van der Waals surface area contributed by atoms with Crippen LogP contribution in [0.5, 0.6) is 0 Å². The number of hydrogen-bond acceptors (Lipinski definition) is 4. The molecule has 96 valence electrons. The second-order valence-corrected chi connectivity index (χ2v) is 4.34. The monoisotopic (exact) mass is 245 g/mol. The Kier molecular flexibility index (Phi) is 4.04. The molecule has 0 radical (unpaired) electrons. The van der Waals surface area contributed by atoms with E-state index in [1.54, 1.807) is 12.5 Å². The third-order valence-electron chi connectivity index (χ3n) is 3.08. The molecule has 5 nitrogen and oxygen atoms in total. The first-order valence-corrected chi connectivity index (χ1v) is 6.20. The highest BCUT2D eigenvalue weighted by Gasteiger charge is 2.12. The van der Waals surface area contributed by atoms with Crippen LogP contribution in [0.25, 0.3) is 5.82 Å². The van der Waals surface area contributed by atoms with Gasteiger partial charge < -0.3 is 5.32 Å². The SMILES string of the molecule is CNCCCc1c(C)nn(-c2ccncn2)c1C. The van der Waals surface area contributed by atoms with E-state index in [1.165, 1.54) is 11.3 Å². The molecule has 0 aliphatic rings. The van der Waals surface area contributed by atoms with Crippen LogP contribution in [-0.4, -0.2) is 33.3 Å². The van der Waals surface area contributed by atoms with Crippen LogP contribution in [-0.2, 0) is 6.42 Å². The van der Waals surface area contributed by atoms with Gasteiger partial charge in [-0.25, -0.2) is 14.6 Å². The van der Waals surface area contributed by atoms with E-state index >= 15 is 0 Å². The molecule has 2 aromatic rings. The van der Waals surface area contributed by atoms with Gasteiger partial charge in [-0.15, -0.1) is 0 Å². The maximum absolute atomic E-state index is 4.57. The van der Waals surface area contributed by atoms with E-state index in [0.717, 1.165) is 30.9 Å². The highest BCUT2D eigenvalue weighted by molar-refractivity contribution is 5.31. The molecule has 0 amide bonds. The van der Waals surface area contributed by atoms with Crippen molar-refractivity contribution in [1.29, 1.82) is 0 Å². The van der Waals surface area contributed by atoms with E-state index in [9.17, 15) is 0 Å². The summed E-state index contributed by atoms with van der Waals surface area (Å²) in [5, 5.41) is 7.73. The first kappa shape index (κ1) is 12.7. The standard InChI is InChI=1S/C13H19N5/c1-10-12(5-4-7-14-3)11(2)18(17-10)13-6-8-15-9-16-13/h6,8-9,14H,4-5,7H2,1-3H3. The predicted octanol–water partition coefficient (Wildman–Crippen LogP) is 1.43. The van der Waals surface area contributed by atoms with Crippen molar-refractivity contribution in [3.8, 4) is 5.82 Å². The van der Waals surface area contributed by atoms with Gasteiger partial charge in [0, 0.05) is 18.0 Å². The third-order valence-corrected chi connectivity index (χ3v) is 3.08. The zero-order valence-corrected chi connectivity index (χ0v) is 11.1. The minimum atomic E-state index is 0.825. The van der Waals surface area contributed by atoms with E-state index in [2.05, 4.69) is 34.2 Å². The summed E-state index contributed by atoms with van der Waals surface area (Å²) in [7, 11) is 1.98. The average molecular weight is 245 g/mol. The molecule has 0 unspecified atom stereocenters. The quantitative estimate of drug-likeness (QED) is 0.810. The van der Waals surface area contributed by atoms with Crippen LogP contribution in [0, 0.1) is 13.8 Å². The van der Waals surface area contributed by atoms with Crippen molar-refractivity contribution in [1.82, 2.24) is 25.1 Å². The Bertz CT molecular complexity index is 504. The second kappa shape index (κ2) is 5.73. The summed E-state index contributed by atoms with van der Waals surface area (Å²) in [6.07, 6.45) is 5.45. The topological polar surface area (TPSA) is 55.6 Å². The molecule has 0 atom stereocenters. The van der Waals surface area contributed by atoms with Crippen molar-refractivity contribution in [3.05, 3.63) is 35.5 Å². The summed E-state index contributed by atoms with van der Waals surface area (Å²) < 4.78 is 1.89. The minimum Gasteiger partial charge on any atom is -0.320 e. The molecule has 0 spiro atoms. The second-order valence-electron chi connectivity index (χ2n) is 4.34. The van der Waals surface area contributed by atoms with E-state index in [0.29, 0.717) is 0 Å². The molecular weight excluding hydrogens is 226 g/mol. The lowest BCUT2D eigenvalue weighted by atomic mass is 10.1. The molecule has 0 aliphatic heterocycles. The van der Waals surface area contributed by atoms with Gasteiger partial charge in [0.05, 0.1) is 5.69 Å². The Morgan fingerprint density at radius 3 is 2.83 bits per heavy atom. The average Bonchev–Trinajstić information content (AvgIpc) is 2.68. The molecule has 0 fully saturated rings. The Morgan fingerprint density at radius 1 is 1.33 bits per heavy atom. The van der Waals surface area contributed by atoms with Gasteiger partial charge in [-0.2, -0.15) is 5.10 Å². The molecule has 18 heavy (non-hydrogen) atoms. The molecule has 0 aliphatic carbocycles. The normalized spacial score (nSPS) is 10.8. The molecule has 2 heterocycles. The van der Waals surface area contributed by atoms with Crippen LogP contribution in [0.2, 0.25) is 0 Å². The van der Waals surface area contributed by atoms with Crippen LogP contribution in [0.15, 0.2) is 18.6 Å². The number of rotatable bonds is 5. The molecular formula is C13H19N5. The Balaban J connectivity index is 2.26. The van der Waals surface area contributed by atoms with E-state index in [4.69, 9.17) is 0 Å². The molecule has 0 saturated heterocycles. The summed E-state index contributed by atoms with van der Waals surface area (Å²) in [6.45, 7) is 5.17. The fourth-order valence-corrected chi connectivity index (χ4v) is 2.11. The number of nitrogens with one attached hydrogen (secondary N) is 1. The van der Waals surface area contributed by atoms with Gasteiger partial charge in [0.25, 0.3) is 0 Å². The van der Waals surface area contributed by atoms with Crippen molar-refractivity contribution in [2.75, 3.05) is 13.6 Å². The summed E-state index contributed by atoms with van der Waals surface area (Å²) in [4.78, 5) is 8.17. The van der Waals surface area contributed by atoms with E-state index in [1.807, 2.05) is 17.8 Å². The predicted molar refractivity (Wildman–Crippen MR) is 70.9 cm³/mol. The first-order chi connectivity index (χ1) is 8.74. The van der Waals surface area contributed by atoms with Crippen LogP contribution in [0.3, 0.4) is 0 Å². The molecule has 0 bridgehead atoms. The molecule has 0 aromatic carbocycles. The Hall–Kier alpha value is -1.75. The number of aromatic nitrogens is 4. The van der Waals surface area contributed by atoms with Gasteiger partial charge in [-0.1, -0.05) is 0 Å². The maximum Gasteiger partial charge on any atom is 0.156 e. The molecule has 0 saturated carbocycles. The molecule has 2 rings (SSSR count). The lowest BCUT2D eigenvalue weighted by Gasteiger charge is -2.04. The van der Waals surface area contributed by atoms with Gasteiger partial charge in [0.2, 0.25) is 0 Å². The molecule has 5 heteroatoms. The minimum absolute atomic E-state index is 0.825. The van der Waals surface area contributed by atoms with Crippen molar-refractivity contribution in [3.63, 3.8) is 0 Å². The first-order valence-electron chi connectivity index (χ1n) is 6.20. The third kappa shape index (κ3) is 2.56. The van der Waals surface area contributed by atoms with Crippen LogP contribution in [0.1, 0.15) is 23.4 Å². The highest BCUT2D eigenvalue weighted by atomic mass is 15.3. The summed E-state index contributed by atoms with van der Waals surface area (Å²) in [5.41, 5.74) is 3.58. The van der Waals surface area contributed by atoms with Crippen LogP contribution >= 0.6 is 0 Å². The van der Waals surface area contributed by atoms with Gasteiger partial charge in [-0.05, 0) is 45.8 Å². The van der Waals surface area contributed by atoms with E-state index in [-0.39, 0.29) is 0 Å². The molecule has 2 aromatic heterocycles. The summed E-state index contributed by atoms with van der Waals surface area (Å²) in [6, 6.07) is 1.87. The zero-order valence-electron chi connectivity index (χ0n) is 11.1. The lowest BCUT2D eigenvalue weighted by Crippen LogP contribution is -2.09. The summed E-state index contributed by atoms with van der Waals surface area (Å²) >= 11 is 0.